The summed E-state index contributed by atoms with van der Waals surface area (Å²) in [6.45, 7) is 10.8. The highest BCUT2D eigenvalue weighted by molar-refractivity contribution is 5.94. The Bertz CT molecular complexity index is 2420. The van der Waals surface area contributed by atoms with Crippen molar-refractivity contribution in [3.05, 3.63) is 219 Å². The first-order chi connectivity index (χ1) is 27.0. The second-order valence-electron chi connectivity index (χ2n) is 16.6. The van der Waals surface area contributed by atoms with Gasteiger partial charge < -0.3 is 0 Å². The van der Waals surface area contributed by atoms with E-state index in [1.807, 2.05) is 19.1 Å². The van der Waals surface area contributed by atoms with E-state index in [0.717, 1.165) is 38.5 Å². The highest BCUT2D eigenvalue weighted by atomic mass is 14.6. The number of rotatable bonds is 4. The minimum absolute atomic E-state index is 0.277. The van der Waals surface area contributed by atoms with Crippen molar-refractivity contribution in [1.29, 1.82) is 0 Å². The van der Waals surface area contributed by atoms with E-state index in [9.17, 15) is 0 Å². The van der Waals surface area contributed by atoms with Crippen molar-refractivity contribution >= 4 is 5.57 Å². The number of hydrogen-bond donors (Lipinski definition) is 0. The molecule has 0 amide bonds. The van der Waals surface area contributed by atoms with Crippen molar-refractivity contribution in [3.63, 3.8) is 0 Å². The molecule has 0 heterocycles. The van der Waals surface area contributed by atoms with Crippen molar-refractivity contribution in [2.45, 2.75) is 95.8 Å². The Morgan fingerprint density at radius 3 is 2.24 bits per heavy atom. The fourth-order valence-electron chi connectivity index (χ4n) is 10.9. The largest absolute Gasteiger partial charge is 0.0877 e. The van der Waals surface area contributed by atoms with Crippen LogP contribution in [0.4, 0.5) is 0 Å². The summed E-state index contributed by atoms with van der Waals surface area (Å²) in [5, 5.41) is 0. The number of benzene rings is 4. The quantitative estimate of drug-likeness (QED) is 0.185. The summed E-state index contributed by atoms with van der Waals surface area (Å²) in [5.74, 6) is 0.973. The van der Waals surface area contributed by atoms with Gasteiger partial charge in [0.2, 0.25) is 0 Å². The monoisotopic (exact) mass is 714 g/mol. The molecule has 274 valence electrons. The molecule has 6 aliphatic rings. The predicted molar refractivity (Wildman–Crippen MR) is 235 cm³/mol. The molecule has 0 heteroatoms. The molecule has 0 aliphatic heterocycles. The lowest BCUT2D eigenvalue weighted by molar-refractivity contribution is 0.565. The van der Waals surface area contributed by atoms with E-state index in [1.165, 1.54) is 61.2 Å². The van der Waals surface area contributed by atoms with Gasteiger partial charge in [-0.3, -0.25) is 0 Å². The van der Waals surface area contributed by atoms with E-state index < -0.39 is 0 Å². The molecule has 0 fully saturated rings. The third-order valence-corrected chi connectivity index (χ3v) is 13.4. The van der Waals surface area contributed by atoms with E-state index in [1.54, 1.807) is 22.3 Å². The van der Waals surface area contributed by atoms with Gasteiger partial charge in [0.05, 0.1) is 10.8 Å². The maximum atomic E-state index is 2.66. The Kier molecular flexibility index (Phi) is 9.13. The summed E-state index contributed by atoms with van der Waals surface area (Å²) in [7, 11) is 0. The van der Waals surface area contributed by atoms with E-state index in [2.05, 4.69) is 167 Å². The molecule has 0 nitrogen and oxygen atoms in total. The third-order valence-electron chi connectivity index (χ3n) is 13.4. The van der Waals surface area contributed by atoms with Crippen LogP contribution in [0, 0.1) is 0 Å². The lowest BCUT2D eigenvalue weighted by Crippen LogP contribution is -2.47. The Balaban J connectivity index is 0.000000521. The lowest BCUT2D eigenvalue weighted by atomic mass is 9.48. The SMILES string of the molecule is C/C=C\C=C(C)C.CCC(C)c1ccc(-c2ccc3c(c2)C2(C4=CCCC=C4C34C3=C(C=CCC3)c3ccccc34)C3=CC=CCC3c3ccccc32)cc1. The fraction of sp³-hybridized carbons (Fsp3) is 0.273. The van der Waals surface area contributed by atoms with Crippen LogP contribution in [0.3, 0.4) is 0 Å². The van der Waals surface area contributed by atoms with Crippen LogP contribution in [-0.2, 0) is 10.8 Å². The summed E-state index contributed by atoms with van der Waals surface area (Å²) in [6.07, 6.45) is 30.1. The van der Waals surface area contributed by atoms with Crippen molar-refractivity contribution in [3.8, 4) is 11.1 Å². The van der Waals surface area contributed by atoms with Gasteiger partial charge in [-0.05, 0) is 149 Å². The van der Waals surface area contributed by atoms with Crippen molar-refractivity contribution in [1.82, 2.24) is 0 Å². The highest BCUT2D eigenvalue weighted by Gasteiger charge is 2.62. The van der Waals surface area contributed by atoms with Crippen molar-refractivity contribution < 1.29 is 0 Å². The molecular formula is C55H54. The molecule has 6 aliphatic carbocycles. The molecule has 4 aromatic carbocycles. The van der Waals surface area contributed by atoms with Gasteiger partial charge in [-0.25, -0.2) is 0 Å². The molecule has 0 N–H and O–H groups in total. The van der Waals surface area contributed by atoms with E-state index >= 15 is 0 Å². The van der Waals surface area contributed by atoms with Gasteiger partial charge in [-0.2, -0.15) is 0 Å². The van der Waals surface area contributed by atoms with Crippen molar-refractivity contribution in [2.75, 3.05) is 0 Å². The Morgan fingerprint density at radius 1 is 0.764 bits per heavy atom. The number of hydrogen-bond acceptors (Lipinski definition) is 0. The van der Waals surface area contributed by atoms with Gasteiger partial charge in [0.1, 0.15) is 0 Å². The third kappa shape index (κ3) is 5.24. The molecule has 0 saturated carbocycles. The topological polar surface area (TPSA) is 0 Å². The first-order valence-electron chi connectivity index (χ1n) is 20.9. The Hall–Kier alpha value is -5.20. The normalized spacial score (nSPS) is 24.1. The van der Waals surface area contributed by atoms with Crippen LogP contribution < -0.4 is 0 Å². The van der Waals surface area contributed by atoms with Gasteiger partial charge >= 0.3 is 0 Å². The fourth-order valence-corrected chi connectivity index (χ4v) is 10.9. The molecule has 0 aromatic heterocycles. The standard InChI is InChI=1S/C48H42.C7H12/c1-3-31(2)32-24-26-33(27-25-32)34-28-29-45-46(30-34)48(41-20-10-6-16-37(41)38-17-7-11-21-42(38)48)44-23-13-12-22-43(44)47(45)39-18-8-4-14-35(39)36-15-5-9-19-40(36)47;1-4-5-6-7(2)3/h4-8,10-11,14-16,18,20-31,38H,3,9,12-13,17,19H2,1-2H3;4-6H,1-3H3/b;5-4-. The highest BCUT2D eigenvalue weighted by Crippen LogP contribution is 2.71. The molecule has 4 atom stereocenters. The van der Waals surface area contributed by atoms with Gasteiger partial charge in [0.25, 0.3) is 0 Å². The summed E-state index contributed by atoms with van der Waals surface area (Å²) >= 11 is 0. The molecule has 0 radical (unpaired) electrons. The van der Waals surface area contributed by atoms with Gasteiger partial charge in [0, 0.05) is 5.92 Å². The molecule has 10 rings (SSSR count). The molecule has 4 aromatic rings. The van der Waals surface area contributed by atoms with Crippen LogP contribution in [-0.4, -0.2) is 0 Å². The molecule has 4 unspecified atom stereocenters. The second kappa shape index (κ2) is 14.1. The predicted octanol–water partition coefficient (Wildman–Crippen LogP) is 14.7. The first-order valence-corrected chi connectivity index (χ1v) is 20.9. The van der Waals surface area contributed by atoms with Crippen molar-refractivity contribution in [2.24, 2.45) is 0 Å². The molecule has 55 heavy (non-hydrogen) atoms. The first kappa shape index (κ1) is 35.5. The maximum Gasteiger partial charge on any atom is 0.0679 e. The lowest BCUT2D eigenvalue weighted by Gasteiger charge is -2.53. The Labute approximate surface area is 329 Å². The zero-order valence-electron chi connectivity index (χ0n) is 33.3. The summed E-state index contributed by atoms with van der Waals surface area (Å²) in [5.41, 5.74) is 21.4. The summed E-state index contributed by atoms with van der Waals surface area (Å²) in [6, 6.07) is 35.9. The van der Waals surface area contributed by atoms with Gasteiger partial charge in [-0.1, -0.05) is 165 Å². The van der Waals surface area contributed by atoms with Gasteiger partial charge in [-0.15, -0.1) is 0 Å². The van der Waals surface area contributed by atoms with Crippen LogP contribution in [0.15, 0.2) is 180 Å². The van der Waals surface area contributed by atoms with Crippen LogP contribution in [0.1, 0.15) is 124 Å². The maximum absolute atomic E-state index is 2.66. The minimum Gasteiger partial charge on any atom is -0.0877 e. The van der Waals surface area contributed by atoms with Crippen LogP contribution in [0.25, 0.3) is 16.7 Å². The zero-order chi connectivity index (χ0) is 37.7. The van der Waals surface area contributed by atoms with Gasteiger partial charge in [0.15, 0.2) is 0 Å². The number of fused-ring (bicyclic) bond motifs is 15. The second-order valence-corrected chi connectivity index (χ2v) is 16.6. The van der Waals surface area contributed by atoms with Crippen LogP contribution >= 0.6 is 0 Å². The number of allylic oxidation sites excluding steroid dienone is 16. The minimum atomic E-state index is -0.311. The zero-order valence-corrected chi connectivity index (χ0v) is 33.3. The van der Waals surface area contributed by atoms with E-state index in [-0.39, 0.29) is 10.8 Å². The average Bonchev–Trinajstić information content (AvgIpc) is 3.71. The average molecular weight is 715 g/mol. The van der Waals surface area contributed by atoms with E-state index in [0.29, 0.717) is 11.8 Å². The summed E-state index contributed by atoms with van der Waals surface area (Å²) < 4.78 is 0. The molecule has 0 saturated heterocycles. The summed E-state index contributed by atoms with van der Waals surface area (Å²) in [4.78, 5) is 0. The van der Waals surface area contributed by atoms with Crippen LogP contribution in [0.5, 0.6) is 0 Å². The Morgan fingerprint density at radius 2 is 1.49 bits per heavy atom. The van der Waals surface area contributed by atoms with E-state index in [4.69, 9.17) is 0 Å². The molecule has 2 spiro atoms. The molecular weight excluding hydrogens is 661 g/mol. The smallest absolute Gasteiger partial charge is 0.0679 e. The molecule has 0 bridgehead atoms. The van der Waals surface area contributed by atoms with Crippen LogP contribution in [0.2, 0.25) is 0 Å².